The molecule has 0 aliphatic carbocycles. The number of ether oxygens (including phenoxy) is 2. The van der Waals surface area contributed by atoms with Gasteiger partial charge in [0.05, 0.1) is 25.4 Å². The second kappa shape index (κ2) is 34.3. The Kier molecular flexibility index (Phi) is 32.2. The number of rotatable bonds is 37. The smallest absolute Gasteiger partial charge is 0.394 e. The summed E-state index contributed by atoms with van der Waals surface area (Å²) in [7, 11) is -5.11. The first kappa shape index (κ1) is 53.6. The van der Waals surface area contributed by atoms with E-state index in [1.807, 2.05) is 0 Å². The zero-order valence-electron chi connectivity index (χ0n) is 35.3. The third-order valence-electron chi connectivity index (χ3n) is 10.6. The van der Waals surface area contributed by atoms with Crippen molar-refractivity contribution in [2.24, 2.45) is 0 Å². The highest BCUT2D eigenvalue weighted by molar-refractivity contribution is 7.80. The second-order valence-electron chi connectivity index (χ2n) is 15.8. The molecular formula is C43H81NO12S. The van der Waals surface area contributed by atoms with Gasteiger partial charge in [-0.05, 0) is 38.5 Å². The minimum Gasteiger partial charge on any atom is -0.394 e. The SMILES string of the molecule is CCCCC/C=C\C=C/CCCCCCCC(O)C(=O)NC(COC1OC(CO)C(O)C(OS(=O)(=O)O)C1O)C(O)CCCCCCCCCCCCCCCC. The Morgan fingerprint density at radius 2 is 1.16 bits per heavy atom. The highest BCUT2D eigenvalue weighted by Gasteiger charge is 2.48. The molecule has 1 fully saturated rings. The third-order valence-corrected chi connectivity index (χ3v) is 11.1. The van der Waals surface area contributed by atoms with Crippen LogP contribution in [0.2, 0.25) is 0 Å². The number of unbranched alkanes of at least 4 members (excludes halogenated alkanes) is 21. The number of allylic oxidation sites excluding steroid dienone is 4. The van der Waals surface area contributed by atoms with Crippen LogP contribution in [0.1, 0.15) is 181 Å². The molecule has 0 radical (unpaired) electrons. The first-order chi connectivity index (χ1) is 27.4. The largest absolute Gasteiger partial charge is 0.397 e. The van der Waals surface area contributed by atoms with E-state index in [9.17, 15) is 43.3 Å². The van der Waals surface area contributed by atoms with Gasteiger partial charge in [-0.2, -0.15) is 8.42 Å². The quantitative estimate of drug-likeness (QED) is 0.0189. The number of nitrogens with one attached hydrogen (secondary N) is 1. The van der Waals surface area contributed by atoms with Gasteiger partial charge in [0.2, 0.25) is 5.91 Å². The minimum absolute atomic E-state index is 0.242. The Morgan fingerprint density at radius 1 is 0.702 bits per heavy atom. The average molecular weight is 836 g/mol. The molecular weight excluding hydrogens is 755 g/mol. The van der Waals surface area contributed by atoms with E-state index < -0.39 is 78.5 Å². The number of hydrogen-bond donors (Lipinski definition) is 7. The molecule has 8 atom stereocenters. The predicted molar refractivity (Wildman–Crippen MR) is 224 cm³/mol. The van der Waals surface area contributed by atoms with E-state index in [1.54, 1.807) is 0 Å². The number of hydrogen-bond acceptors (Lipinski definition) is 11. The van der Waals surface area contributed by atoms with Crippen LogP contribution in [0, 0.1) is 0 Å². The van der Waals surface area contributed by atoms with Gasteiger partial charge in [-0.25, -0.2) is 4.18 Å². The topological polar surface area (TPSA) is 212 Å². The van der Waals surface area contributed by atoms with Crippen LogP contribution in [0.3, 0.4) is 0 Å². The van der Waals surface area contributed by atoms with Crippen molar-refractivity contribution < 1.29 is 57.0 Å². The Hall–Kier alpha value is -1.46. The lowest BCUT2D eigenvalue weighted by molar-refractivity contribution is -0.298. The highest BCUT2D eigenvalue weighted by Crippen LogP contribution is 2.26. The molecule has 0 spiro atoms. The maximum atomic E-state index is 13.1. The van der Waals surface area contributed by atoms with Crippen LogP contribution in [0.5, 0.6) is 0 Å². The van der Waals surface area contributed by atoms with E-state index in [0.29, 0.717) is 19.3 Å². The Labute approximate surface area is 345 Å². The molecule has 0 saturated carbocycles. The van der Waals surface area contributed by atoms with Gasteiger partial charge in [0.15, 0.2) is 6.29 Å². The zero-order chi connectivity index (χ0) is 42.2. The number of carbonyl (C=O) groups excluding carboxylic acids is 1. The molecule has 7 N–H and O–H groups in total. The number of amides is 1. The molecule has 1 heterocycles. The molecule has 8 unspecified atom stereocenters. The molecule has 1 amide bonds. The van der Waals surface area contributed by atoms with Crippen molar-refractivity contribution in [3.05, 3.63) is 24.3 Å². The fourth-order valence-corrected chi connectivity index (χ4v) is 7.55. The summed E-state index contributed by atoms with van der Waals surface area (Å²) in [5.41, 5.74) is 0. The van der Waals surface area contributed by atoms with Crippen LogP contribution in [-0.4, -0.2) is 107 Å². The molecule has 0 bridgehead atoms. The molecule has 336 valence electrons. The van der Waals surface area contributed by atoms with E-state index in [0.717, 1.165) is 57.8 Å². The fourth-order valence-electron chi connectivity index (χ4n) is 7.04. The molecule has 13 nitrogen and oxygen atoms in total. The van der Waals surface area contributed by atoms with Crippen LogP contribution in [-0.2, 0) is 28.9 Å². The molecule has 14 heteroatoms. The standard InChI is InChI=1S/C43H81NO12S/c1-3-5-7-9-11-13-15-17-19-21-23-25-27-29-31-36(46)35(34-54-43-40(49)41(56-57(51,52)53)39(48)38(33-45)55-43)44-42(50)37(47)32-30-28-26-24-22-20-18-16-14-12-10-8-6-4-2/h12,14,16,18,35-41,43,45-49H,3-11,13,15,17,19-34H2,1-2H3,(H,44,50)(H,51,52,53)/b14-12-,18-16-. The third kappa shape index (κ3) is 27.1. The number of aliphatic hydroxyl groups is 5. The van der Waals surface area contributed by atoms with E-state index in [4.69, 9.17) is 9.47 Å². The van der Waals surface area contributed by atoms with Gasteiger partial charge in [0, 0.05) is 0 Å². The minimum atomic E-state index is -5.11. The first-order valence-corrected chi connectivity index (χ1v) is 23.7. The average Bonchev–Trinajstić information content (AvgIpc) is 3.18. The van der Waals surface area contributed by atoms with Crippen molar-refractivity contribution in [2.45, 2.75) is 230 Å². The number of aliphatic hydroxyl groups excluding tert-OH is 5. The lowest BCUT2D eigenvalue weighted by atomic mass is 9.99. The number of carbonyl (C=O) groups is 1. The molecule has 1 saturated heterocycles. The van der Waals surface area contributed by atoms with Crippen LogP contribution in [0.25, 0.3) is 0 Å². The molecule has 1 aliphatic rings. The van der Waals surface area contributed by atoms with Gasteiger partial charge in [-0.15, -0.1) is 0 Å². The Morgan fingerprint density at radius 3 is 1.67 bits per heavy atom. The monoisotopic (exact) mass is 836 g/mol. The lowest BCUT2D eigenvalue weighted by Crippen LogP contribution is -2.61. The van der Waals surface area contributed by atoms with Gasteiger partial charge in [0.1, 0.15) is 30.5 Å². The van der Waals surface area contributed by atoms with E-state index in [1.165, 1.54) is 83.5 Å². The van der Waals surface area contributed by atoms with Gasteiger partial charge >= 0.3 is 10.4 Å². The maximum absolute atomic E-state index is 13.1. The van der Waals surface area contributed by atoms with Crippen LogP contribution in [0.15, 0.2) is 24.3 Å². The van der Waals surface area contributed by atoms with Crippen molar-refractivity contribution in [1.82, 2.24) is 5.32 Å². The lowest BCUT2D eigenvalue weighted by Gasteiger charge is -2.41. The summed E-state index contributed by atoms with van der Waals surface area (Å²) < 4.78 is 47.5. The van der Waals surface area contributed by atoms with Crippen LogP contribution >= 0.6 is 0 Å². The molecule has 0 aromatic carbocycles. The van der Waals surface area contributed by atoms with E-state index in [-0.39, 0.29) is 6.42 Å². The Bertz CT molecular complexity index is 1140. The summed E-state index contributed by atoms with van der Waals surface area (Å²) in [4.78, 5) is 13.1. The van der Waals surface area contributed by atoms with Gasteiger partial charge < -0.3 is 40.3 Å². The molecule has 0 aromatic rings. The summed E-state index contributed by atoms with van der Waals surface area (Å²) in [6, 6.07) is -1.04. The zero-order valence-corrected chi connectivity index (χ0v) is 36.1. The van der Waals surface area contributed by atoms with Crippen molar-refractivity contribution in [3.63, 3.8) is 0 Å². The molecule has 1 aliphatic heterocycles. The fraction of sp³-hybridized carbons (Fsp3) is 0.884. The summed E-state index contributed by atoms with van der Waals surface area (Å²) in [5, 5.41) is 55.2. The first-order valence-electron chi connectivity index (χ1n) is 22.3. The van der Waals surface area contributed by atoms with Crippen molar-refractivity contribution in [3.8, 4) is 0 Å². The van der Waals surface area contributed by atoms with Crippen LogP contribution in [0.4, 0.5) is 0 Å². The van der Waals surface area contributed by atoms with Gasteiger partial charge in [-0.3, -0.25) is 9.35 Å². The second-order valence-corrected chi connectivity index (χ2v) is 16.9. The maximum Gasteiger partial charge on any atom is 0.397 e. The summed E-state index contributed by atoms with van der Waals surface area (Å²) >= 11 is 0. The summed E-state index contributed by atoms with van der Waals surface area (Å²) in [6.45, 7) is 3.22. The van der Waals surface area contributed by atoms with Crippen molar-refractivity contribution in [1.29, 1.82) is 0 Å². The highest BCUT2D eigenvalue weighted by atomic mass is 32.3. The predicted octanol–water partition coefficient (Wildman–Crippen LogP) is 7.13. The normalized spacial score (nSPS) is 22.0. The molecule has 0 aromatic heterocycles. The summed E-state index contributed by atoms with van der Waals surface area (Å²) in [5.74, 6) is -0.683. The van der Waals surface area contributed by atoms with Gasteiger partial charge in [-0.1, -0.05) is 167 Å². The molecule has 57 heavy (non-hydrogen) atoms. The van der Waals surface area contributed by atoms with Crippen molar-refractivity contribution >= 4 is 16.3 Å². The Balaban J connectivity index is 2.61. The van der Waals surface area contributed by atoms with Crippen LogP contribution < -0.4 is 5.32 Å². The van der Waals surface area contributed by atoms with E-state index in [2.05, 4.69) is 47.7 Å². The van der Waals surface area contributed by atoms with E-state index >= 15 is 0 Å². The van der Waals surface area contributed by atoms with Gasteiger partial charge in [0.25, 0.3) is 0 Å². The van der Waals surface area contributed by atoms with Crippen molar-refractivity contribution in [2.75, 3.05) is 13.2 Å². The molecule has 1 rings (SSSR count). The summed E-state index contributed by atoms with van der Waals surface area (Å²) in [6.07, 6.45) is 25.0.